The normalized spacial score (nSPS) is 10.4. The maximum absolute atomic E-state index is 12.1. The molecule has 0 aliphatic rings. The number of esters is 2. The summed E-state index contributed by atoms with van der Waals surface area (Å²) >= 11 is 0. The molecule has 0 fully saturated rings. The number of nitrogens with zero attached hydrogens (tertiary/aromatic N) is 1. The summed E-state index contributed by atoms with van der Waals surface area (Å²) in [5.74, 6) is -0.518. The molecule has 0 saturated carbocycles. The van der Waals surface area contributed by atoms with Crippen LogP contribution in [0, 0.1) is 0 Å². The summed E-state index contributed by atoms with van der Waals surface area (Å²) < 4.78 is 16.8. The highest BCUT2D eigenvalue weighted by Gasteiger charge is 2.14. The van der Waals surface area contributed by atoms with Crippen molar-refractivity contribution in [1.29, 1.82) is 0 Å². The zero-order valence-electron chi connectivity index (χ0n) is 14.6. The number of hydrogen-bond donors (Lipinski definition) is 0. The van der Waals surface area contributed by atoms with Crippen LogP contribution in [-0.4, -0.2) is 23.6 Å². The molecule has 0 amide bonds. The van der Waals surface area contributed by atoms with Gasteiger partial charge in [-0.1, -0.05) is 18.2 Å². The molecule has 138 valence electrons. The highest BCUT2D eigenvalue weighted by molar-refractivity contribution is 5.89. The molecule has 0 aliphatic heterocycles. The molecule has 0 saturated heterocycles. The molecule has 0 N–H and O–H groups in total. The number of ether oxygens (including phenoxy) is 2. The van der Waals surface area contributed by atoms with Gasteiger partial charge in [0.15, 0.2) is 0 Å². The first kappa shape index (κ1) is 18.2. The van der Waals surface area contributed by atoms with Crippen molar-refractivity contribution in [3.05, 3.63) is 93.8 Å². The zero-order valence-corrected chi connectivity index (χ0v) is 14.6. The van der Waals surface area contributed by atoms with Crippen LogP contribution >= 0.6 is 0 Å². The monoisotopic (exact) mass is 367 g/mol. The average molecular weight is 367 g/mol. The molecule has 0 aliphatic carbocycles. The second-order valence-electron chi connectivity index (χ2n) is 5.70. The van der Waals surface area contributed by atoms with Crippen LogP contribution < -0.4 is 5.56 Å². The number of benzene rings is 1. The molecule has 3 aromatic rings. The number of hydrogen-bond acceptors (Lipinski definition) is 6. The van der Waals surface area contributed by atoms with E-state index in [2.05, 4.69) is 4.74 Å². The molecule has 1 aromatic carbocycles. The van der Waals surface area contributed by atoms with Gasteiger partial charge < -0.3 is 18.5 Å². The maximum Gasteiger partial charge on any atom is 0.374 e. The summed E-state index contributed by atoms with van der Waals surface area (Å²) in [7, 11) is 1.31. The Balaban J connectivity index is 1.59. The van der Waals surface area contributed by atoms with Crippen LogP contribution in [0.15, 0.2) is 70.0 Å². The standard InChI is InChI=1S/C20H17NO6/c1-25-19(23)15-7-5-14(6-8-15)13-26-20(24)17-10-9-16(27-17)12-21-11-3-2-4-18(21)22/h2-11H,12-13H2,1H3. The highest BCUT2D eigenvalue weighted by Crippen LogP contribution is 2.12. The minimum absolute atomic E-state index is 0.0362. The van der Waals surface area contributed by atoms with Crippen LogP contribution in [0.4, 0.5) is 0 Å². The van der Waals surface area contributed by atoms with Crippen molar-refractivity contribution in [1.82, 2.24) is 4.57 Å². The summed E-state index contributed by atoms with van der Waals surface area (Å²) in [5, 5.41) is 0. The van der Waals surface area contributed by atoms with Gasteiger partial charge in [-0.2, -0.15) is 0 Å². The number of aromatic nitrogens is 1. The molecule has 7 nitrogen and oxygen atoms in total. The minimum atomic E-state index is -0.612. The summed E-state index contributed by atoms with van der Waals surface area (Å²) in [6, 6.07) is 14.5. The Kier molecular flexibility index (Phi) is 5.51. The summed E-state index contributed by atoms with van der Waals surface area (Å²) in [6.45, 7) is 0.260. The van der Waals surface area contributed by atoms with Crippen molar-refractivity contribution in [2.24, 2.45) is 0 Å². The van der Waals surface area contributed by atoms with E-state index in [1.54, 1.807) is 48.7 Å². The number of carbonyl (C=O) groups is 2. The lowest BCUT2D eigenvalue weighted by molar-refractivity contribution is 0.0433. The van der Waals surface area contributed by atoms with Gasteiger partial charge in [0.25, 0.3) is 5.56 Å². The lowest BCUT2D eigenvalue weighted by Gasteiger charge is -2.05. The summed E-state index contributed by atoms with van der Waals surface area (Å²) in [4.78, 5) is 35.2. The molecular weight excluding hydrogens is 350 g/mol. The van der Waals surface area contributed by atoms with Crippen molar-refractivity contribution in [2.75, 3.05) is 7.11 Å². The lowest BCUT2D eigenvalue weighted by atomic mass is 10.1. The third kappa shape index (κ3) is 4.52. The van der Waals surface area contributed by atoms with E-state index < -0.39 is 11.9 Å². The average Bonchev–Trinajstić information content (AvgIpc) is 3.16. The van der Waals surface area contributed by atoms with Gasteiger partial charge in [-0.15, -0.1) is 0 Å². The predicted molar refractivity (Wildman–Crippen MR) is 95.4 cm³/mol. The van der Waals surface area contributed by atoms with Gasteiger partial charge in [0.2, 0.25) is 5.76 Å². The minimum Gasteiger partial charge on any atom is -0.465 e. The van der Waals surface area contributed by atoms with Gasteiger partial charge >= 0.3 is 11.9 Å². The molecule has 0 atom stereocenters. The SMILES string of the molecule is COC(=O)c1ccc(COC(=O)c2ccc(Cn3ccccc3=O)o2)cc1. The molecule has 0 spiro atoms. The summed E-state index contributed by atoms with van der Waals surface area (Å²) in [5.41, 5.74) is 0.978. The van der Waals surface area contributed by atoms with Crippen molar-refractivity contribution < 1.29 is 23.5 Å². The Morgan fingerprint density at radius 1 is 1.00 bits per heavy atom. The van der Waals surface area contributed by atoms with Gasteiger partial charge in [0, 0.05) is 12.3 Å². The predicted octanol–water partition coefficient (Wildman–Crippen LogP) is 2.63. The Hall–Kier alpha value is -3.61. The third-order valence-corrected chi connectivity index (χ3v) is 3.83. The quantitative estimate of drug-likeness (QED) is 0.623. The molecule has 0 unspecified atom stereocenters. The largest absolute Gasteiger partial charge is 0.465 e. The van der Waals surface area contributed by atoms with Crippen LogP contribution in [0.25, 0.3) is 0 Å². The van der Waals surface area contributed by atoms with Crippen LogP contribution in [0.5, 0.6) is 0 Å². The van der Waals surface area contributed by atoms with Crippen molar-refractivity contribution in [3.8, 4) is 0 Å². The van der Waals surface area contributed by atoms with Gasteiger partial charge in [0.1, 0.15) is 12.4 Å². The maximum atomic E-state index is 12.1. The fourth-order valence-corrected chi connectivity index (χ4v) is 2.41. The molecule has 3 rings (SSSR count). The summed E-state index contributed by atoms with van der Waals surface area (Å²) in [6.07, 6.45) is 1.64. The van der Waals surface area contributed by atoms with Crippen LogP contribution in [0.3, 0.4) is 0 Å². The van der Waals surface area contributed by atoms with Crippen LogP contribution in [0.1, 0.15) is 32.2 Å². The molecule has 0 radical (unpaired) electrons. The Bertz CT molecular complexity index is 1000. The van der Waals surface area contributed by atoms with Crippen molar-refractivity contribution in [2.45, 2.75) is 13.2 Å². The van der Waals surface area contributed by atoms with Crippen LogP contribution in [-0.2, 0) is 22.6 Å². The van der Waals surface area contributed by atoms with E-state index in [1.807, 2.05) is 0 Å². The molecule has 27 heavy (non-hydrogen) atoms. The molecule has 2 aromatic heterocycles. The first-order chi connectivity index (χ1) is 13.1. The van der Waals surface area contributed by atoms with Crippen molar-refractivity contribution in [3.63, 3.8) is 0 Å². The Morgan fingerprint density at radius 2 is 1.78 bits per heavy atom. The van der Waals surface area contributed by atoms with Gasteiger partial charge in [-0.25, -0.2) is 9.59 Å². The van der Waals surface area contributed by atoms with E-state index in [0.717, 1.165) is 5.56 Å². The van der Waals surface area contributed by atoms with Gasteiger partial charge in [-0.05, 0) is 35.9 Å². The van der Waals surface area contributed by atoms with E-state index in [4.69, 9.17) is 9.15 Å². The van der Waals surface area contributed by atoms with Crippen LogP contribution in [0.2, 0.25) is 0 Å². The first-order valence-corrected chi connectivity index (χ1v) is 8.15. The molecule has 0 bridgehead atoms. The number of carbonyl (C=O) groups excluding carboxylic acids is 2. The smallest absolute Gasteiger partial charge is 0.374 e. The first-order valence-electron chi connectivity index (χ1n) is 8.15. The second-order valence-corrected chi connectivity index (χ2v) is 5.70. The van der Waals surface area contributed by atoms with Gasteiger partial charge in [0.05, 0.1) is 19.2 Å². The second kappa shape index (κ2) is 8.18. The van der Waals surface area contributed by atoms with E-state index in [0.29, 0.717) is 11.3 Å². The molecular formula is C20H17NO6. The van der Waals surface area contributed by atoms with E-state index in [-0.39, 0.29) is 24.5 Å². The Morgan fingerprint density at radius 3 is 2.48 bits per heavy atom. The van der Waals surface area contributed by atoms with Crippen molar-refractivity contribution >= 4 is 11.9 Å². The van der Waals surface area contributed by atoms with E-state index in [9.17, 15) is 14.4 Å². The highest BCUT2D eigenvalue weighted by atomic mass is 16.5. The number of furan rings is 1. The molecule has 2 heterocycles. The number of pyridine rings is 1. The van der Waals surface area contributed by atoms with E-state index in [1.165, 1.54) is 23.8 Å². The lowest BCUT2D eigenvalue weighted by Crippen LogP contribution is -2.17. The number of methoxy groups -OCH3 is 1. The zero-order chi connectivity index (χ0) is 19.2. The fraction of sp³-hybridized carbons (Fsp3) is 0.150. The molecule has 7 heteroatoms. The Labute approximate surface area is 154 Å². The third-order valence-electron chi connectivity index (χ3n) is 3.83. The fourth-order valence-electron chi connectivity index (χ4n) is 2.41. The van der Waals surface area contributed by atoms with E-state index >= 15 is 0 Å². The van der Waals surface area contributed by atoms with Gasteiger partial charge in [-0.3, -0.25) is 4.79 Å². The number of rotatable bonds is 6. The topological polar surface area (TPSA) is 87.7 Å².